The Labute approximate surface area is 132 Å². The predicted octanol–water partition coefficient (Wildman–Crippen LogP) is 1.30. The number of aliphatic carboxylic acids is 1. The Bertz CT molecular complexity index is 671. The Morgan fingerprint density at radius 2 is 1.83 bits per heavy atom. The van der Waals surface area contributed by atoms with Crippen LogP contribution < -0.4 is 14.8 Å². The minimum Gasteiger partial charge on any atom is -0.497 e. The van der Waals surface area contributed by atoms with E-state index in [2.05, 4.69) is 5.32 Å². The first-order chi connectivity index (χ1) is 11.0. The topological polar surface area (TPSA) is 94.1 Å². The molecule has 2 heterocycles. The molecule has 2 N–H and O–H groups in total. The maximum Gasteiger partial charge on any atom is 0.310 e. The van der Waals surface area contributed by atoms with Gasteiger partial charge in [0, 0.05) is 6.07 Å². The average Bonchev–Trinajstić information content (AvgIpc) is 3.16. The van der Waals surface area contributed by atoms with Gasteiger partial charge in [0.15, 0.2) is 0 Å². The molecule has 1 aromatic carbocycles. The monoisotopic (exact) mass is 319 g/mol. The van der Waals surface area contributed by atoms with E-state index in [4.69, 9.17) is 14.2 Å². The Balaban J connectivity index is 1.82. The summed E-state index contributed by atoms with van der Waals surface area (Å²) in [5, 5.41) is 12.1. The third kappa shape index (κ3) is 2.63. The average molecular weight is 319 g/mol. The summed E-state index contributed by atoms with van der Waals surface area (Å²) >= 11 is 0. The van der Waals surface area contributed by atoms with E-state index in [-0.39, 0.29) is 0 Å². The zero-order valence-corrected chi connectivity index (χ0v) is 12.7. The van der Waals surface area contributed by atoms with E-state index in [1.807, 2.05) is 0 Å². The summed E-state index contributed by atoms with van der Waals surface area (Å²) in [4.78, 5) is 24.0. The summed E-state index contributed by atoms with van der Waals surface area (Å²) in [6.45, 7) is 0. The number of amides is 1. The number of carbonyl (C=O) groups excluding carboxylic acids is 1. The van der Waals surface area contributed by atoms with Crippen molar-refractivity contribution in [2.45, 2.75) is 12.2 Å². The fourth-order valence-electron chi connectivity index (χ4n) is 3.03. The van der Waals surface area contributed by atoms with E-state index < -0.39 is 35.9 Å². The highest BCUT2D eigenvalue weighted by Gasteiger charge is 2.53. The van der Waals surface area contributed by atoms with Crippen LogP contribution in [-0.4, -0.2) is 43.4 Å². The molecule has 4 atom stereocenters. The normalized spacial score (nSPS) is 27.7. The number of ether oxygens (including phenoxy) is 3. The quantitative estimate of drug-likeness (QED) is 0.795. The number of carboxylic acid groups (broad SMARTS) is 1. The lowest BCUT2D eigenvalue weighted by atomic mass is 9.82. The molecule has 1 fully saturated rings. The molecule has 0 unspecified atom stereocenters. The Kier molecular flexibility index (Phi) is 3.96. The molecule has 2 bridgehead atoms. The maximum atomic E-state index is 12.6. The van der Waals surface area contributed by atoms with Gasteiger partial charge in [0.1, 0.15) is 17.4 Å². The minimum atomic E-state index is -1.04. The fourth-order valence-corrected chi connectivity index (χ4v) is 3.03. The molecule has 122 valence electrons. The smallest absolute Gasteiger partial charge is 0.310 e. The molecule has 23 heavy (non-hydrogen) atoms. The van der Waals surface area contributed by atoms with E-state index in [0.29, 0.717) is 17.2 Å². The van der Waals surface area contributed by atoms with E-state index >= 15 is 0 Å². The summed E-state index contributed by atoms with van der Waals surface area (Å²) in [7, 11) is 3.01. The largest absolute Gasteiger partial charge is 0.497 e. The van der Waals surface area contributed by atoms with E-state index in [1.165, 1.54) is 14.2 Å². The second kappa shape index (κ2) is 5.92. The van der Waals surface area contributed by atoms with Gasteiger partial charge in [0.25, 0.3) is 0 Å². The second-order valence-electron chi connectivity index (χ2n) is 5.40. The third-order valence-electron chi connectivity index (χ3n) is 4.15. The molecular weight excluding hydrogens is 302 g/mol. The van der Waals surface area contributed by atoms with Crippen LogP contribution in [0.3, 0.4) is 0 Å². The minimum absolute atomic E-state index is 0.405. The van der Waals surface area contributed by atoms with Gasteiger partial charge in [-0.05, 0) is 12.1 Å². The van der Waals surface area contributed by atoms with Crippen molar-refractivity contribution in [2.75, 3.05) is 19.5 Å². The zero-order chi connectivity index (χ0) is 16.6. The lowest BCUT2D eigenvalue weighted by Crippen LogP contribution is -2.39. The second-order valence-corrected chi connectivity index (χ2v) is 5.40. The highest BCUT2D eigenvalue weighted by molar-refractivity contribution is 5.97. The molecule has 1 amide bonds. The van der Waals surface area contributed by atoms with Crippen molar-refractivity contribution in [1.29, 1.82) is 0 Å². The standard InChI is InChI=1S/C16H17NO6/c1-21-8-3-4-9(12(7-8)22-2)17-15(18)13-10-5-6-11(23-10)14(13)16(19)20/h3-7,10-11,13-14H,1-2H3,(H,17,18)(H,19,20)/t10-,11-,13-,14+/m1/s1. The van der Waals surface area contributed by atoms with Crippen molar-refractivity contribution in [3.05, 3.63) is 30.4 Å². The van der Waals surface area contributed by atoms with Gasteiger partial charge in [-0.3, -0.25) is 9.59 Å². The Hall–Kier alpha value is -2.54. The van der Waals surface area contributed by atoms with Crippen LogP contribution in [0.25, 0.3) is 0 Å². The number of benzene rings is 1. The van der Waals surface area contributed by atoms with Crippen LogP contribution in [0.2, 0.25) is 0 Å². The number of nitrogens with one attached hydrogen (secondary N) is 1. The predicted molar refractivity (Wildman–Crippen MR) is 80.6 cm³/mol. The van der Waals surface area contributed by atoms with Crippen molar-refractivity contribution < 1.29 is 28.9 Å². The summed E-state index contributed by atoms with van der Waals surface area (Å²) in [6, 6.07) is 4.97. The van der Waals surface area contributed by atoms with E-state index in [0.717, 1.165) is 0 Å². The van der Waals surface area contributed by atoms with Crippen LogP contribution in [0.15, 0.2) is 30.4 Å². The van der Waals surface area contributed by atoms with Crippen LogP contribution in [0, 0.1) is 11.8 Å². The molecule has 1 aromatic rings. The number of fused-ring (bicyclic) bond motifs is 2. The van der Waals surface area contributed by atoms with Gasteiger partial charge in [-0.2, -0.15) is 0 Å². The van der Waals surface area contributed by atoms with Gasteiger partial charge >= 0.3 is 5.97 Å². The van der Waals surface area contributed by atoms with Gasteiger partial charge in [-0.25, -0.2) is 0 Å². The summed E-state index contributed by atoms with van der Waals surface area (Å²) in [5.74, 6) is -2.07. The highest BCUT2D eigenvalue weighted by atomic mass is 16.5. The highest BCUT2D eigenvalue weighted by Crippen LogP contribution is 2.40. The van der Waals surface area contributed by atoms with Crippen LogP contribution in [-0.2, 0) is 14.3 Å². The third-order valence-corrected chi connectivity index (χ3v) is 4.15. The molecule has 0 aliphatic carbocycles. The number of hydrogen-bond donors (Lipinski definition) is 2. The van der Waals surface area contributed by atoms with Crippen molar-refractivity contribution in [3.63, 3.8) is 0 Å². The number of methoxy groups -OCH3 is 2. The van der Waals surface area contributed by atoms with Crippen molar-refractivity contribution >= 4 is 17.6 Å². The molecule has 7 heteroatoms. The van der Waals surface area contributed by atoms with Crippen LogP contribution in [0.5, 0.6) is 11.5 Å². The molecule has 1 saturated heterocycles. The maximum absolute atomic E-state index is 12.6. The first-order valence-electron chi connectivity index (χ1n) is 7.14. The molecule has 3 rings (SSSR count). The van der Waals surface area contributed by atoms with Gasteiger partial charge in [-0.1, -0.05) is 12.2 Å². The zero-order valence-electron chi connectivity index (χ0n) is 12.7. The molecule has 2 aliphatic rings. The summed E-state index contributed by atoms with van der Waals surface area (Å²) in [6.07, 6.45) is 2.37. The van der Waals surface area contributed by atoms with Gasteiger partial charge < -0.3 is 24.6 Å². The van der Waals surface area contributed by atoms with Crippen LogP contribution in [0.4, 0.5) is 5.69 Å². The van der Waals surface area contributed by atoms with Gasteiger partial charge in [-0.15, -0.1) is 0 Å². The number of rotatable bonds is 5. The molecule has 0 aromatic heterocycles. The fraction of sp³-hybridized carbons (Fsp3) is 0.375. The number of carbonyl (C=O) groups is 2. The van der Waals surface area contributed by atoms with Crippen molar-refractivity contribution in [1.82, 2.24) is 0 Å². The number of hydrogen-bond acceptors (Lipinski definition) is 5. The number of carboxylic acids is 1. The van der Waals surface area contributed by atoms with Crippen LogP contribution >= 0.6 is 0 Å². The summed E-state index contributed by atoms with van der Waals surface area (Å²) in [5.41, 5.74) is 0.453. The summed E-state index contributed by atoms with van der Waals surface area (Å²) < 4.78 is 15.8. The number of anilines is 1. The molecular formula is C16H17NO6. The molecule has 0 saturated carbocycles. The first kappa shape index (κ1) is 15.4. The van der Waals surface area contributed by atoms with Gasteiger partial charge in [0.2, 0.25) is 5.91 Å². The molecule has 0 spiro atoms. The lowest BCUT2D eigenvalue weighted by molar-refractivity contribution is -0.145. The molecule has 7 nitrogen and oxygen atoms in total. The Morgan fingerprint density at radius 1 is 1.13 bits per heavy atom. The van der Waals surface area contributed by atoms with E-state index in [1.54, 1.807) is 30.4 Å². The van der Waals surface area contributed by atoms with Crippen LogP contribution in [0.1, 0.15) is 0 Å². The van der Waals surface area contributed by atoms with Gasteiger partial charge in [0.05, 0.1) is 38.0 Å². The molecule has 0 radical (unpaired) electrons. The Morgan fingerprint density at radius 3 is 2.43 bits per heavy atom. The lowest BCUT2D eigenvalue weighted by Gasteiger charge is -2.21. The molecule has 2 aliphatic heterocycles. The first-order valence-corrected chi connectivity index (χ1v) is 7.14. The van der Waals surface area contributed by atoms with Crippen molar-refractivity contribution in [2.24, 2.45) is 11.8 Å². The van der Waals surface area contributed by atoms with E-state index in [9.17, 15) is 14.7 Å². The SMILES string of the molecule is COc1ccc(NC(=O)[C@H]2[C@@H](C(=O)O)[C@H]3C=C[C@H]2O3)c(OC)c1. The van der Waals surface area contributed by atoms with Crippen molar-refractivity contribution in [3.8, 4) is 11.5 Å².